The summed E-state index contributed by atoms with van der Waals surface area (Å²) in [5.74, 6) is -2.03. The van der Waals surface area contributed by atoms with E-state index in [1.807, 2.05) is 12.1 Å². The number of amides is 2. The van der Waals surface area contributed by atoms with Crippen molar-refractivity contribution in [2.45, 2.75) is 44.4 Å². The van der Waals surface area contributed by atoms with Crippen LogP contribution < -0.4 is 16.8 Å². The average Bonchev–Trinajstić information content (AvgIpc) is 3.26. The van der Waals surface area contributed by atoms with E-state index in [1.54, 1.807) is 13.2 Å². The van der Waals surface area contributed by atoms with Gasteiger partial charge >= 0.3 is 5.76 Å². The summed E-state index contributed by atoms with van der Waals surface area (Å²) >= 11 is 0. The minimum Gasteiger partial charge on any atom is -0.408 e. The summed E-state index contributed by atoms with van der Waals surface area (Å²) in [5.41, 5.74) is 8.25. The number of pyridine rings is 1. The Labute approximate surface area is 212 Å². The molecule has 4 heterocycles. The first kappa shape index (κ1) is 24.8. The molecule has 1 aromatic carbocycles. The molecule has 0 saturated carbocycles. The van der Waals surface area contributed by atoms with E-state index in [1.165, 1.54) is 18.3 Å². The lowest BCUT2D eigenvalue weighted by molar-refractivity contribution is -0.135. The summed E-state index contributed by atoms with van der Waals surface area (Å²) in [6.07, 6.45) is 3.82. The number of anilines is 1. The van der Waals surface area contributed by atoms with Gasteiger partial charge in [-0.2, -0.15) is 0 Å². The van der Waals surface area contributed by atoms with Crippen molar-refractivity contribution in [2.24, 2.45) is 0 Å². The predicted octanol–water partition coefficient (Wildman–Crippen LogP) is 2.48. The van der Waals surface area contributed by atoms with Gasteiger partial charge in [0, 0.05) is 44.3 Å². The summed E-state index contributed by atoms with van der Waals surface area (Å²) in [6.45, 7) is 2.54. The number of likely N-dealkylation sites (tertiary alicyclic amines) is 1. The molecule has 2 fully saturated rings. The number of methoxy groups -OCH3 is 1. The number of carbonyl (C=O) groups is 2. The van der Waals surface area contributed by atoms with Gasteiger partial charge in [0.1, 0.15) is 17.7 Å². The number of hydrogen-bond donors (Lipinski definition) is 2. The third-order valence-electron chi connectivity index (χ3n) is 7.01. The standard InChI is InChI=1S/C26H28FN5O5/c1-36-17-8-10-31(11-9-17)13-16-3-5-20(29-24(16)28)15-2-4-18(19(27)12-15)22-14-32(26(35)37-22)21-6-7-23(33)30-25(21)34/h2-5,12,14,17,21H,6-11,13H2,1H3,(H2,28,29)(H,30,33,34)/t21-/m0/s1. The molecule has 5 rings (SSSR count). The quantitative estimate of drug-likeness (QED) is 0.485. The summed E-state index contributed by atoms with van der Waals surface area (Å²) in [4.78, 5) is 42.7. The van der Waals surface area contributed by atoms with Crippen LogP contribution in [0.4, 0.5) is 10.2 Å². The Kier molecular flexibility index (Phi) is 6.90. The van der Waals surface area contributed by atoms with Gasteiger partial charge in [-0.05, 0) is 37.5 Å². The molecule has 0 spiro atoms. The van der Waals surface area contributed by atoms with Gasteiger partial charge in [0.2, 0.25) is 11.8 Å². The molecule has 37 heavy (non-hydrogen) atoms. The molecule has 194 valence electrons. The van der Waals surface area contributed by atoms with Crippen LogP contribution in [0.3, 0.4) is 0 Å². The van der Waals surface area contributed by atoms with Crippen LogP contribution in [0.5, 0.6) is 0 Å². The molecule has 2 aromatic heterocycles. The molecule has 11 heteroatoms. The average molecular weight is 510 g/mol. The van der Waals surface area contributed by atoms with Crippen LogP contribution in [0.2, 0.25) is 0 Å². The molecule has 2 aliphatic rings. The SMILES string of the molecule is COC1CCN(Cc2ccc(-c3ccc(-c4cn([C@H]5CCC(=O)NC5=O)c(=O)o4)c(F)c3)nc2N)CC1. The monoisotopic (exact) mass is 509 g/mol. The maximum atomic E-state index is 15.1. The van der Waals surface area contributed by atoms with Crippen LogP contribution in [-0.4, -0.2) is 52.6 Å². The molecule has 2 aliphatic heterocycles. The maximum Gasteiger partial charge on any atom is 0.420 e. The largest absolute Gasteiger partial charge is 0.420 e. The number of halogens is 1. The van der Waals surface area contributed by atoms with Crippen molar-refractivity contribution in [3.63, 3.8) is 0 Å². The number of benzene rings is 1. The van der Waals surface area contributed by atoms with Crippen molar-refractivity contribution >= 4 is 17.6 Å². The van der Waals surface area contributed by atoms with Gasteiger partial charge in [0.25, 0.3) is 0 Å². The zero-order valence-corrected chi connectivity index (χ0v) is 20.4. The Morgan fingerprint density at radius 3 is 2.62 bits per heavy atom. The van der Waals surface area contributed by atoms with Gasteiger partial charge in [-0.3, -0.25) is 24.4 Å². The number of nitrogens with two attached hydrogens (primary N) is 1. The minimum atomic E-state index is -0.887. The molecule has 0 bridgehead atoms. The third-order valence-corrected chi connectivity index (χ3v) is 7.01. The van der Waals surface area contributed by atoms with Gasteiger partial charge in [0.15, 0.2) is 5.76 Å². The van der Waals surface area contributed by atoms with Crippen molar-refractivity contribution in [1.82, 2.24) is 19.8 Å². The second-order valence-corrected chi connectivity index (χ2v) is 9.38. The second kappa shape index (κ2) is 10.3. The first-order valence-corrected chi connectivity index (χ1v) is 12.2. The molecule has 2 saturated heterocycles. The smallest absolute Gasteiger partial charge is 0.408 e. The van der Waals surface area contributed by atoms with E-state index < -0.39 is 29.4 Å². The van der Waals surface area contributed by atoms with E-state index >= 15 is 4.39 Å². The van der Waals surface area contributed by atoms with E-state index in [2.05, 4.69) is 15.2 Å². The van der Waals surface area contributed by atoms with Crippen molar-refractivity contribution in [3.8, 4) is 22.6 Å². The molecule has 3 aromatic rings. The molecule has 10 nitrogen and oxygen atoms in total. The zero-order valence-electron chi connectivity index (χ0n) is 20.4. The fourth-order valence-electron chi connectivity index (χ4n) is 4.86. The van der Waals surface area contributed by atoms with E-state index in [0.29, 0.717) is 29.7 Å². The Morgan fingerprint density at radius 1 is 1.16 bits per heavy atom. The number of rotatable bonds is 6. The number of oxazole rings is 1. The van der Waals surface area contributed by atoms with E-state index in [-0.39, 0.29) is 24.2 Å². The van der Waals surface area contributed by atoms with Gasteiger partial charge in [-0.15, -0.1) is 0 Å². The normalized spacial score (nSPS) is 19.2. The maximum absolute atomic E-state index is 15.1. The predicted molar refractivity (Wildman–Crippen MR) is 133 cm³/mol. The number of nitrogen functional groups attached to an aromatic ring is 1. The number of hydrogen-bond acceptors (Lipinski definition) is 8. The van der Waals surface area contributed by atoms with Crippen LogP contribution in [0.1, 0.15) is 37.3 Å². The number of nitrogens with zero attached hydrogens (tertiary/aromatic N) is 3. The summed E-state index contributed by atoms with van der Waals surface area (Å²) in [6, 6.07) is 7.28. The number of carbonyl (C=O) groups excluding carboxylic acids is 2. The molecular formula is C26H28FN5O5. The molecular weight excluding hydrogens is 481 g/mol. The lowest BCUT2D eigenvalue weighted by Crippen LogP contribution is -2.43. The van der Waals surface area contributed by atoms with E-state index in [0.717, 1.165) is 36.1 Å². The fraction of sp³-hybridized carbons (Fsp3) is 0.385. The third kappa shape index (κ3) is 5.18. The number of ether oxygens (including phenoxy) is 1. The van der Waals surface area contributed by atoms with E-state index in [9.17, 15) is 14.4 Å². The minimum absolute atomic E-state index is 0.0150. The van der Waals surface area contributed by atoms with E-state index in [4.69, 9.17) is 14.9 Å². The Morgan fingerprint density at radius 2 is 1.95 bits per heavy atom. The topological polar surface area (TPSA) is 133 Å². The summed E-state index contributed by atoms with van der Waals surface area (Å²) in [7, 11) is 1.74. The highest BCUT2D eigenvalue weighted by atomic mass is 19.1. The lowest BCUT2D eigenvalue weighted by atomic mass is 10.0. The van der Waals surface area contributed by atoms with Crippen LogP contribution in [0, 0.1) is 5.82 Å². The van der Waals surface area contributed by atoms with Crippen LogP contribution in [-0.2, 0) is 20.9 Å². The van der Waals surface area contributed by atoms with Crippen LogP contribution in [0.15, 0.2) is 45.7 Å². The van der Waals surface area contributed by atoms with Crippen molar-refractivity contribution in [2.75, 3.05) is 25.9 Å². The molecule has 0 aliphatic carbocycles. The van der Waals surface area contributed by atoms with Crippen molar-refractivity contribution in [3.05, 3.63) is 58.5 Å². The van der Waals surface area contributed by atoms with Gasteiger partial charge in [-0.1, -0.05) is 12.1 Å². The first-order chi connectivity index (χ1) is 17.8. The number of piperidine rings is 2. The molecule has 0 unspecified atom stereocenters. The molecule has 3 N–H and O–H groups in total. The zero-order chi connectivity index (χ0) is 26.1. The van der Waals surface area contributed by atoms with Crippen molar-refractivity contribution < 1.29 is 23.1 Å². The highest BCUT2D eigenvalue weighted by Crippen LogP contribution is 2.29. The Bertz CT molecular complexity index is 1390. The number of nitrogens with one attached hydrogen (secondary N) is 1. The Balaban J connectivity index is 1.32. The van der Waals surface area contributed by atoms with Gasteiger partial charge in [0.05, 0.1) is 23.6 Å². The summed E-state index contributed by atoms with van der Waals surface area (Å²) in [5, 5.41) is 2.20. The molecule has 2 amide bonds. The van der Waals surface area contributed by atoms with Gasteiger partial charge < -0.3 is 14.9 Å². The fourth-order valence-corrected chi connectivity index (χ4v) is 4.86. The Hall–Kier alpha value is -3.83. The molecule has 1 atom stereocenters. The highest BCUT2D eigenvalue weighted by molar-refractivity contribution is 5.99. The second-order valence-electron chi connectivity index (χ2n) is 9.38. The highest BCUT2D eigenvalue weighted by Gasteiger charge is 2.30. The van der Waals surface area contributed by atoms with Crippen molar-refractivity contribution in [1.29, 1.82) is 0 Å². The van der Waals surface area contributed by atoms with Gasteiger partial charge in [-0.25, -0.2) is 14.2 Å². The number of aromatic nitrogens is 2. The molecule has 0 radical (unpaired) electrons. The lowest BCUT2D eigenvalue weighted by Gasteiger charge is -2.31. The summed E-state index contributed by atoms with van der Waals surface area (Å²) < 4.78 is 26.9. The number of imide groups is 1. The first-order valence-electron chi connectivity index (χ1n) is 12.2. The van der Waals surface area contributed by atoms with Crippen LogP contribution in [0.25, 0.3) is 22.6 Å². The van der Waals surface area contributed by atoms with Crippen LogP contribution >= 0.6 is 0 Å².